The first-order valence-corrected chi connectivity index (χ1v) is 5.33. The van der Waals surface area contributed by atoms with Crippen molar-refractivity contribution in [3.05, 3.63) is 0 Å². The number of methoxy groups -OCH3 is 1. The van der Waals surface area contributed by atoms with Gasteiger partial charge in [-0.3, -0.25) is 4.79 Å². The molecule has 5 rings (SSSR count). The average molecular weight is 180 g/mol. The van der Waals surface area contributed by atoms with Gasteiger partial charge in [0.1, 0.15) is 5.78 Å². The maximum absolute atomic E-state index is 11.7. The number of hydrogen-bond acceptors (Lipinski definition) is 2. The van der Waals surface area contributed by atoms with Crippen LogP contribution in [-0.2, 0) is 9.53 Å². The lowest BCUT2D eigenvalue weighted by Gasteiger charge is -2.58. The molecule has 0 saturated heterocycles. The second-order valence-electron chi connectivity index (χ2n) is 4.99. The number of ketones is 1. The summed E-state index contributed by atoms with van der Waals surface area (Å²) in [6.45, 7) is 0. The Labute approximate surface area is 78.6 Å². The van der Waals surface area contributed by atoms with Gasteiger partial charge in [-0.2, -0.15) is 0 Å². The first-order chi connectivity index (χ1) is 6.25. The molecule has 0 aromatic rings. The average Bonchev–Trinajstić information content (AvgIpc) is 2.18. The lowest BCUT2D eigenvalue weighted by molar-refractivity contribution is -0.186. The summed E-state index contributed by atoms with van der Waals surface area (Å²) < 4.78 is 5.65. The molecule has 5 aliphatic rings. The molecule has 0 aromatic heterocycles. The minimum absolute atomic E-state index is 0.0330. The van der Waals surface area contributed by atoms with Gasteiger partial charge >= 0.3 is 0 Å². The molecule has 0 spiro atoms. The molecule has 0 heterocycles. The largest absolute Gasteiger partial charge is 0.377 e. The number of fused-ring (bicyclic) bond motifs is 2. The zero-order valence-electron chi connectivity index (χ0n) is 8.08. The van der Waals surface area contributed by atoms with Crippen molar-refractivity contribution in [2.24, 2.45) is 17.8 Å². The van der Waals surface area contributed by atoms with E-state index in [0.717, 1.165) is 12.8 Å². The quantitative estimate of drug-likeness (QED) is 0.615. The molecule has 4 unspecified atom stereocenters. The molecule has 5 aliphatic carbocycles. The lowest BCUT2D eigenvalue weighted by Crippen LogP contribution is -2.60. The Balaban J connectivity index is 2.01. The predicted molar refractivity (Wildman–Crippen MR) is 48.3 cm³/mol. The van der Waals surface area contributed by atoms with Crippen LogP contribution in [0.3, 0.4) is 0 Å². The third-order valence-electron chi connectivity index (χ3n) is 4.64. The molecule has 4 bridgehead atoms. The molecule has 5 fully saturated rings. The van der Waals surface area contributed by atoms with Gasteiger partial charge in [-0.1, -0.05) is 0 Å². The van der Waals surface area contributed by atoms with Crippen LogP contribution in [0.5, 0.6) is 0 Å². The van der Waals surface area contributed by atoms with Gasteiger partial charge in [0.2, 0.25) is 0 Å². The maximum atomic E-state index is 11.7. The molecule has 72 valence electrons. The van der Waals surface area contributed by atoms with Crippen molar-refractivity contribution in [3.63, 3.8) is 0 Å². The normalized spacial score (nSPS) is 53.0. The van der Waals surface area contributed by atoms with Crippen molar-refractivity contribution in [2.45, 2.75) is 37.7 Å². The van der Waals surface area contributed by atoms with E-state index < -0.39 is 0 Å². The SMILES string of the molecule is COC12CC(=O)C3CC1CCC3C2. The Morgan fingerprint density at radius 2 is 2.31 bits per heavy atom. The molecule has 0 aliphatic heterocycles. The highest BCUT2D eigenvalue weighted by molar-refractivity contribution is 5.84. The Hall–Kier alpha value is -0.370. The molecule has 0 radical (unpaired) electrons. The summed E-state index contributed by atoms with van der Waals surface area (Å²) in [5, 5.41) is 0. The summed E-state index contributed by atoms with van der Waals surface area (Å²) in [4.78, 5) is 11.7. The summed E-state index contributed by atoms with van der Waals surface area (Å²) in [5.41, 5.74) is -0.0330. The minimum Gasteiger partial charge on any atom is -0.377 e. The second-order valence-corrected chi connectivity index (χ2v) is 4.99. The van der Waals surface area contributed by atoms with Crippen LogP contribution in [0.15, 0.2) is 0 Å². The van der Waals surface area contributed by atoms with Gasteiger partial charge in [0, 0.05) is 19.4 Å². The Morgan fingerprint density at radius 3 is 2.92 bits per heavy atom. The molecule has 5 saturated carbocycles. The molecule has 0 amide bonds. The molecular weight excluding hydrogens is 164 g/mol. The molecule has 13 heavy (non-hydrogen) atoms. The van der Waals surface area contributed by atoms with Crippen LogP contribution < -0.4 is 0 Å². The first-order valence-electron chi connectivity index (χ1n) is 5.33. The smallest absolute Gasteiger partial charge is 0.139 e. The van der Waals surface area contributed by atoms with E-state index in [1.165, 1.54) is 12.8 Å². The lowest BCUT2D eigenvalue weighted by atomic mass is 9.50. The highest BCUT2D eigenvalue weighted by Gasteiger charge is 2.58. The van der Waals surface area contributed by atoms with Crippen molar-refractivity contribution in [1.82, 2.24) is 0 Å². The molecule has 2 heteroatoms. The van der Waals surface area contributed by atoms with E-state index in [4.69, 9.17) is 4.74 Å². The van der Waals surface area contributed by atoms with Crippen LogP contribution in [0.1, 0.15) is 32.1 Å². The molecule has 4 atom stereocenters. The van der Waals surface area contributed by atoms with Gasteiger partial charge in [0.05, 0.1) is 5.60 Å². The molecule has 2 nitrogen and oxygen atoms in total. The van der Waals surface area contributed by atoms with Crippen molar-refractivity contribution >= 4 is 5.78 Å². The van der Waals surface area contributed by atoms with Crippen LogP contribution in [0.4, 0.5) is 0 Å². The summed E-state index contributed by atoms with van der Waals surface area (Å²) in [6, 6.07) is 0. The van der Waals surface area contributed by atoms with Gasteiger partial charge in [-0.15, -0.1) is 0 Å². The number of carbonyl (C=O) groups is 1. The Kier molecular flexibility index (Phi) is 1.44. The van der Waals surface area contributed by atoms with E-state index >= 15 is 0 Å². The van der Waals surface area contributed by atoms with Crippen LogP contribution in [0.25, 0.3) is 0 Å². The monoisotopic (exact) mass is 180 g/mol. The van der Waals surface area contributed by atoms with E-state index in [-0.39, 0.29) is 5.60 Å². The van der Waals surface area contributed by atoms with Gasteiger partial charge in [-0.25, -0.2) is 0 Å². The summed E-state index contributed by atoms with van der Waals surface area (Å²) in [5.74, 6) is 2.24. The number of carbonyl (C=O) groups excluding carboxylic acids is 1. The third-order valence-corrected chi connectivity index (χ3v) is 4.64. The number of ether oxygens (including phenoxy) is 1. The van der Waals surface area contributed by atoms with Gasteiger partial charge < -0.3 is 4.74 Å². The topological polar surface area (TPSA) is 26.3 Å². The number of rotatable bonds is 1. The predicted octanol–water partition coefficient (Wildman–Crippen LogP) is 1.78. The van der Waals surface area contributed by atoms with Gasteiger partial charge in [0.25, 0.3) is 0 Å². The van der Waals surface area contributed by atoms with Crippen LogP contribution in [0, 0.1) is 17.8 Å². The number of hydrogen-bond donors (Lipinski definition) is 0. The fourth-order valence-corrected chi connectivity index (χ4v) is 3.92. The van der Waals surface area contributed by atoms with Crippen molar-refractivity contribution < 1.29 is 9.53 Å². The fraction of sp³-hybridized carbons (Fsp3) is 0.909. The van der Waals surface area contributed by atoms with Crippen molar-refractivity contribution in [2.75, 3.05) is 7.11 Å². The first kappa shape index (κ1) is 7.98. The van der Waals surface area contributed by atoms with Crippen LogP contribution >= 0.6 is 0 Å². The fourth-order valence-electron chi connectivity index (χ4n) is 3.92. The van der Waals surface area contributed by atoms with E-state index in [0.29, 0.717) is 30.0 Å². The Morgan fingerprint density at radius 1 is 1.46 bits per heavy atom. The van der Waals surface area contributed by atoms with Crippen molar-refractivity contribution in [3.8, 4) is 0 Å². The standard InChI is InChI=1S/C11H16O2/c1-13-11-5-7-2-3-8(11)4-9(7)10(12)6-11/h7-9H,2-6H2,1H3. The van der Waals surface area contributed by atoms with E-state index in [2.05, 4.69) is 0 Å². The Bertz CT molecular complexity index is 261. The van der Waals surface area contributed by atoms with Crippen LogP contribution in [0.2, 0.25) is 0 Å². The zero-order valence-corrected chi connectivity index (χ0v) is 8.08. The van der Waals surface area contributed by atoms with Gasteiger partial charge in [-0.05, 0) is 37.5 Å². The summed E-state index contributed by atoms with van der Waals surface area (Å²) >= 11 is 0. The van der Waals surface area contributed by atoms with Crippen LogP contribution in [-0.4, -0.2) is 18.5 Å². The molecule has 0 aromatic carbocycles. The third kappa shape index (κ3) is 0.850. The maximum Gasteiger partial charge on any atom is 0.139 e. The highest BCUT2D eigenvalue weighted by Crippen LogP contribution is 2.57. The van der Waals surface area contributed by atoms with E-state index in [1.807, 2.05) is 0 Å². The zero-order chi connectivity index (χ0) is 9.05. The second kappa shape index (κ2) is 2.35. The van der Waals surface area contributed by atoms with E-state index in [1.54, 1.807) is 7.11 Å². The molecule has 0 N–H and O–H groups in total. The highest BCUT2D eigenvalue weighted by atomic mass is 16.5. The summed E-state index contributed by atoms with van der Waals surface area (Å²) in [6.07, 6.45) is 5.55. The van der Waals surface area contributed by atoms with Gasteiger partial charge in [0.15, 0.2) is 0 Å². The van der Waals surface area contributed by atoms with E-state index in [9.17, 15) is 4.79 Å². The van der Waals surface area contributed by atoms with Crippen molar-refractivity contribution in [1.29, 1.82) is 0 Å². The minimum atomic E-state index is -0.0330. The summed E-state index contributed by atoms with van der Waals surface area (Å²) in [7, 11) is 1.79. The molecular formula is C11H16O2. The number of Topliss-reactive ketones (excluding diaryl/α,β-unsaturated/α-hetero) is 1.